The number of carboxylic acids is 1. The first kappa shape index (κ1) is 18.3. The van der Waals surface area contributed by atoms with E-state index in [-0.39, 0.29) is 18.4 Å². The van der Waals surface area contributed by atoms with Crippen molar-refractivity contribution >= 4 is 17.6 Å². The molecule has 1 saturated carbocycles. The van der Waals surface area contributed by atoms with Crippen LogP contribution < -0.4 is 10.1 Å². The van der Waals surface area contributed by atoms with E-state index in [0.29, 0.717) is 24.3 Å². The predicted molar refractivity (Wildman–Crippen MR) is 89.9 cm³/mol. The van der Waals surface area contributed by atoms with Gasteiger partial charge >= 0.3 is 5.97 Å². The normalized spacial score (nSPS) is 21.1. The third-order valence-electron chi connectivity index (χ3n) is 4.11. The van der Waals surface area contributed by atoms with Crippen LogP contribution in [0.15, 0.2) is 24.3 Å². The third kappa shape index (κ3) is 5.53. The summed E-state index contributed by atoms with van der Waals surface area (Å²) in [7, 11) is 0. The molecule has 1 fully saturated rings. The summed E-state index contributed by atoms with van der Waals surface area (Å²) < 4.78 is 5.46. The lowest BCUT2D eigenvalue weighted by Gasteiger charge is -2.25. The van der Waals surface area contributed by atoms with Crippen LogP contribution in [0.25, 0.3) is 0 Å². The van der Waals surface area contributed by atoms with E-state index in [1.54, 1.807) is 38.1 Å². The van der Waals surface area contributed by atoms with Gasteiger partial charge in [-0.1, -0.05) is 6.42 Å². The molecule has 6 heteroatoms. The van der Waals surface area contributed by atoms with E-state index in [1.807, 2.05) is 0 Å². The van der Waals surface area contributed by atoms with Crippen molar-refractivity contribution in [3.8, 4) is 5.75 Å². The molecular formula is C18H25NO5. The molecule has 132 valence electrons. The van der Waals surface area contributed by atoms with Crippen LogP contribution >= 0.6 is 0 Å². The molecule has 0 radical (unpaired) electrons. The molecule has 1 aromatic rings. The van der Waals surface area contributed by atoms with E-state index in [0.717, 1.165) is 12.8 Å². The van der Waals surface area contributed by atoms with Crippen LogP contribution in [0.4, 0.5) is 5.69 Å². The van der Waals surface area contributed by atoms with Crippen LogP contribution in [-0.4, -0.2) is 34.3 Å². The Morgan fingerprint density at radius 3 is 2.42 bits per heavy atom. The highest BCUT2D eigenvalue weighted by molar-refractivity contribution is 5.93. The van der Waals surface area contributed by atoms with Gasteiger partial charge in [-0.3, -0.25) is 9.59 Å². The lowest BCUT2D eigenvalue weighted by Crippen LogP contribution is -2.30. The molecule has 2 rings (SSSR count). The van der Waals surface area contributed by atoms with Crippen LogP contribution in [0.1, 0.15) is 39.5 Å². The second-order valence-electron chi connectivity index (χ2n) is 7.01. The molecule has 1 amide bonds. The Labute approximate surface area is 141 Å². The smallest absolute Gasteiger partial charge is 0.306 e. The van der Waals surface area contributed by atoms with E-state index < -0.39 is 17.5 Å². The number of ether oxygens (including phenoxy) is 1. The molecule has 3 N–H and O–H groups in total. The first-order valence-electron chi connectivity index (χ1n) is 8.23. The number of aliphatic hydroxyl groups is 1. The molecule has 0 aromatic heterocycles. The van der Waals surface area contributed by atoms with E-state index in [9.17, 15) is 14.7 Å². The number of hydrogen-bond donors (Lipinski definition) is 3. The van der Waals surface area contributed by atoms with Gasteiger partial charge in [0.15, 0.2) is 0 Å². The maximum atomic E-state index is 12.3. The van der Waals surface area contributed by atoms with Gasteiger partial charge in [-0.15, -0.1) is 0 Å². The van der Waals surface area contributed by atoms with E-state index in [1.165, 1.54) is 0 Å². The minimum absolute atomic E-state index is 0.133. The van der Waals surface area contributed by atoms with Gasteiger partial charge in [-0.2, -0.15) is 0 Å². The van der Waals surface area contributed by atoms with Crippen LogP contribution in [0.3, 0.4) is 0 Å². The lowest BCUT2D eigenvalue weighted by molar-refractivity contribution is -0.143. The molecule has 0 bridgehead atoms. The van der Waals surface area contributed by atoms with Crippen LogP contribution in [0.5, 0.6) is 5.75 Å². The van der Waals surface area contributed by atoms with Crippen molar-refractivity contribution < 1.29 is 24.5 Å². The number of amides is 1. The minimum Gasteiger partial charge on any atom is -0.491 e. The highest BCUT2D eigenvalue weighted by atomic mass is 16.5. The third-order valence-corrected chi connectivity index (χ3v) is 4.11. The fraction of sp³-hybridized carbons (Fsp3) is 0.556. The van der Waals surface area contributed by atoms with Gasteiger partial charge < -0.3 is 20.3 Å². The highest BCUT2D eigenvalue weighted by Crippen LogP contribution is 2.30. The van der Waals surface area contributed by atoms with Gasteiger partial charge in [0, 0.05) is 11.6 Å². The lowest BCUT2D eigenvalue weighted by atomic mass is 9.81. The van der Waals surface area contributed by atoms with Crippen molar-refractivity contribution in [3.63, 3.8) is 0 Å². The zero-order valence-corrected chi connectivity index (χ0v) is 14.1. The molecular weight excluding hydrogens is 310 g/mol. The summed E-state index contributed by atoms with van der Waals surface area (Å²) in [6, 6.07) is 6.91. The molecule has 2 unspecified atom stereocenters. The van der Waals surface area contributed by atoms with Crippen molar-refractivity contribution in [3.05, 3.63) is 24.3 Å². The predicted octanol–water partition coefficient (Wildman–Crippen LogP) is 2.67. The van der Waals surface area contributed by atoms with Gasteiger partial charge in [0.05, 0.1) is 11.5 Å². The summed E-state index contributed by atoms with van der Waals surface area (Å²) >= 11 is 0. The summed E-state index contributed by atoms with van der Waals surface area (Å²) in [6.07, 6.45) is 2.53. The van der Waals surface area contributed by atoms with Crippen molar-refractivity contribution in [2.45, 2.75) is 45.1 Å². The number of hydrogen-bond acceptors (Lipinski definition) is 4. The number of rotatable bonds is 6. The number of benzene rings is 1. The Morgan fingerprint density at radius 1 is 1.21 bits per heavy atom. The number of nitrogens with one attached hydrogen (secondary N) is 1. The Kier molecular flexibility index (Phi) is 5.83. The molecule has 0 saturated heterocycles. The first-order chi connectivity index (χ1) is 11.2. The van der Waals surface area contributed by atoms with Crippen molar-refractivity contribution in [1.29, 1.82) is 0 Å². The quantitative estimate of drug-likeness (QED) is 0.743. The summed E-state index contributed by atoms with van der Waals surface area (Å²) in [5.41, 5.74) is -0.262. The second-order valence-corrected chi connectivity index (χ2v) is 7.01. The maximum absolute atomic E-state index is 12.3. The maximum Gasteiger partial charge on any atom is 0.306 e. The van der Waals surface area contributed by atoms with Gasteiger partial charge in [-0.25, -0.2) is 0 Å². The fourth-order valence-electron chi connectivity index (χ4n) is 2.79. The molecule has 2 atom stereocenters. The molecule has 0 aliphatic heterocycles. The second kappa shape index (κ2) is 7.66. The molecule has 0 heterocycles. The van der Waals surface area contributed by atoms with Gasteiger partial charge in [0.2, 0.25) is 5.91 Å². The number of anilines is 1. The van der Waals surface area contributed by atoms with Crippen molar-refractivity contribution in [2.24, 2.45) is 11.8 Å². The fourth-order valence-corrected chi connectivity index (χ4v) is 2.79. The van der Waals surface area contributed by atoms with E-state index in [4.69, 9.17) is 9.84 Å². The Bertz CT molecular complexity index is 576. The van der Waals surface area contributed by atoms with E-state index in [2.05, 4.69) is 5.32 Å². The number of carbonyl (C=O) groups is 2. The topological polar surface area (TPSA) is 95.9 Å². The van der Waals surface area contributed by atoms with Crippen LogP contribution in [-0.2, 0) is 9.59 Å². The number of carbonyl (C=O) groups excluding carboxylic acids is 1. The molecule has 1 aliphatic rings. The molecule has 24 heavy (non-hydrogen) atoms. The minimum atomic E-state index is -0.908. The highest BCUT2D eigenvalue weighted by Gasteiger charge is 2.31. The van der Waals surface area contributed by atoms with Crippen molar-refractivity contribution in [1.82, 2.24) is 0 Å². The number of aliphatic carboxylic acids is 1. The Morgan fingerprint density at radius 2 is 1.83 bits per heavy atom. The largest absolute Gasteiger partial charge is 0.491 e. The first-order valence-corrected chi connectivity index (χ1v) is 8.23. The summed E-state index contributed by atoms with van der Waals surface area (Å²) in [4.78, 5) is 23.4. The monoisotopic (exact) mass is 335 g/mol. The van der Waals surface area contributed by atoms with Crippen molar-refractivity contribution in [2.75, 3.05) is 11.9 Å². The molecule has 1 aromatic carbocycles. The zero-order valence-electron chi connectivity index (χ0n) is 14.1. The van der Waals surface area contributed by atoms with Crippen LogP contribution in [0, 0.1) is 11.8 Å². The average molecular weight is 335 g/mol. The number of carboxylic acid groups (broad SMARTS) is 1. The van der Waals surface area contributed by atoms with Gasteiger partial charge in [-0.05, 0) is 57.4 Å². The standard InChI is InChI=1S/C18H25NO5/c1-18(2,23)11-24-15-8-6-14(7-9-15)19-16(20)12-4-3-5-13(10-12)17(21)22/h6-9,12-13,23H,3-5,10-11H2,1-2H3,(H,19,20)(H,21,22). The molecule has 1 aliphatic carbocycles. The zero-order chi connectivity index (χ0) is 17.7. The molecule has 0 spiro atoms. The Hall–Kier alpha value is -2.08. The van der Waals surface area contributed by atoms with E-state index >= 15 is 0 Å². The summed E-state index contributed by atoms with van der Waals surface area (Å²) in [6.45, 7) is 3.50. The van der Waals surface area contributed by atoms with Gasteiger partial charge in [0.25, 0.3) is 0 Å². The SMILES string of the molecule is CC(C)(O)COc1ccc(NC(=O)C2CCCC(C(=O)O)C2)cc1. The molecule has 6 nitrogen and oxygen atoms in total. The van der Waals surface area contributed by atoms with Crippen LogP contribution in [0.2, 0.25) is 0 Å². The summed E-state index contributed by atoms with van der Waals surface area (Å²) in [5.74, 6) is -1.02. The summed E-state index contributed by atoms with van der Waals surface area (Å²) in [5, 5.41) is 21.6. The van der Waals surface area contributed by atoms with Gasteiger partial charge in [0.1, 0.15) is 12.4 Å². The average Bonchev–Trinajstić information content (AvgIpc) is 2.53. The Balaban J connectivity index is 1.88.